The summed E-state index contributed by atoms with van der Waals surface area (Å²) >= 11 is 0. The molecule has 2 aromatic carbocycles. The Labute approximate surface area is 175 Å². The normalized spacial score (nSPS) is 24.0. The lowest BCUT2D eigenvalue weighted by Gasteiger charge is -2.48. The standard InChI is InChI=1S/C23H26N4O3/c1-29-19-6-4-5-15(9-19)12-27-17-10-16(11-18(27)14-30-13-17)24-23(28)22-20-7-2-3-8-21(20)25-26-22/h2-9,16-18H,10-14H2,1H3,(H,24,28)(H,25,26)/t16?,17-,18+. The summed E-state index contributed by atoms with van der Waals surface area (Å²) in [7, 11) is 1.69. The second-order valence-electron chi connectivity index (χ2n) is 8.13. The number of piperidine rings is 1. The fraction of sp³-hybridized carbons (Fsp3) is 0.391. The van der Waals surface area contributed by atoms with E-state index in [-0.39, 0.29) is 24.0 Å². The zero-order valence-electron chi connectivity index (χ0n) is 17.0. The number of hydrogen-bond acceptors (Lipinski definition) is 5. The average molecular weight is 406 g/mol. The number of carbonyl (C=O) groups is 1. The Hall–Kier alpha value is -2.90. The molecule has 2 saturated heterocycles. The van der Waals surface area contributed by atoms with Crippen molar-refractivity contribution in [1.29, 1.82) is 0 Å². The second kappa shape index (κ2) is 8.08. The van der Waals surface area contributed by atoms with Crippen molar-refractivity contribution in [1.82, 2.24) is 20.4 Å². The number of amides is 1. The Bertz CT molecular complexity index is 1040. The molecule has 7 heteroatoms. The molecule has 30 heavy (non-hydrogen) atoms. The number of methoxy groups -OCH3 is 1. The maximum Gasteiger partial charge on any atom is 0.272 e. The summed E-state index contributed by atoms with van der Waals surface area (Å²) in [5, 5.41) is 11.3. The minimum absolute atomic E-state index is 0.113. The van der Waals surface area contributed by atoms with Gasteiger partial charge in [-0.25, -0.2) is 0 Å². The molecule has 0 saturated carbocycles. The fourth-order valence-electron chi connectivity index (χ4n) is 4.74. The van der Waals surface area contributed by atoms with Crippen LogP contribution in [0.5, 0.6) is 5.75 Å². The van der Waals surface area contributed by atoms with E-state index in [1.165, 1.54) is 5.56 Å². The third kappa shape index (κ3) is 3.66. The van der Waals surface area contributed by atoms with E-state index in [2.05, 4.69) is 32.5 Å². The second-order valence-corrected chi connectivity index (χ2v) is 8.13. The van der Waals surface area contributed by atoms with Crippen LogP contribution in [0.4, 0.5) is 0 Å². The highest BCUT2D eigenvalue weighted by Crippen LogP contribution is 2.30. The molecule has 3 aromatic rings. The Morgan fingerprint density at radius 3 is 2.80 bits per heavy atom. The largest absolute Gasteiger partial charge is 0.497 e. The van der Waals surface area contributed by atoms with Crippen LogP contribution in [0.25, 0.3) is 10.9 Å². The summed E-state index contributed by atoms with van der Waals surface area (Å²) < 4.78 is 11.2. The number of ether oxygens (including phenoxy) is 2. The van der Waals surface area contributed by atoms with Crippen LogP contribution in [-0.2, 0) is 11.3 Å². The Balaban J connectivity index is 1.28. The third-order valence-corrected chi connectivity index (χ3v) is 6.19. The van der Waals surface area contributed by atoms with Crippen molar-refractivity contribution >= 4 is 16.8 Å². The number of carbonyl (C=O) groups excluding carboxylic acids is 1. The van der Waals surface area contributed by atoms with Gasteiger partial charge < -0.3 is 14.8 Å². The monoisotopic (exact) mass is 406 g/mol. The zero-order valence-corrected chi connectivity index (χ0v) is 17.0. The van der Waals surface area contributed by atoms with Gasteiger partial charge >= 0.3 is 0 Å². The number of fused-ring (bicyclic) bond motifs is 3. The van der Waals surface area contributed by atoms with Gasteiger partial charge in [0, 0.05) is 30.1 Å². The van der Waals surface area contributed by atoms with Crippen LogP contribution < -0.4 is 10.1 Å². The predicted octanol–water partition coefficient (Wildman–Crippen LogP) is 2.73. The van der Waals surface area contributed by atoms with Gasteiger partial charge in [0.2, 0.25) is 0 Å². The highest BCUT2D eigenvalue weighted by Gasteiger charge is 2.39. The van der Waals surface area contributed by atoms with Crippen molar-refractivity contribution in [3.8, 4) is 5.75 Å². The number of hydrogen-bond donors (Lipinski definition) is 2. The fourth-order valence-corrected chi connectivity index (χ4v) is 4.74. The van der Waals surface area contributed by atoms with Crippen molar-refractivity contribution in [3.05, 3.63) is 59.8 Å². The molecule has 2 bridgehead atoms. The number of nitrogens with one attached hydrogen (secondary N) is 2. The van der Waals surface area contributed by atoms with Gasteiger partial charge in [-0.05, 0) is 36.6 Å². The predicted molar refractivity (Wildman–Crippen MR) is 114 cm³/mol. The lowest BCUT2D eigenvalue weighted by Crippen LogP contribution is -2.60. The van der Waals surface area contributed by atoms with Gasteiger partial charge in [0.1, 0.15) is 5.75 Å². The highest BCUT2D eigenvalue weighted by molar-refractivity contribution is 6.04. The van der Waals surface area contributed by atoms with Crippen molar-refractivity contribution in [2.45, 2.75) is 37.5 Å². The van der Waals surface area contributed by atoms with Gasteiger partial charge in [-0.1, -0.05) is 30.3 Å². The van der Waals surface area contributed by atoms with E-state index in [9.17, 15) is 4.79 Å². The highest BCUT2D eigenvalue weighted by atomic mass is 16.5. The van der Waals surface area contributed by atoms with Crippen LogP contribution in [0.3, 0.4) is 0 Å². The summed E-state index contributed by atoms with van der Waals surface area (Å²) in [4.78, 5) is 15.4. The number of morpholine rings is 1. The lowest BCUT2D eigenvalue weighted by atomic mass is 9.89. The van der Waals surface area contributed by atoms with E-state index in [0.29, 0.717) is 18.9 Å². The third-order valence-electron chi connectivity index (χ3n) is 6.19. The molecule has 5 rings (SSSR count). The topological polar surface area (TPSA) is 79.5 Å². The molecular weight excluding hydrogens is 380 g/mol. The maximum atomic E-state index is 12.9. The van der Waals surface area contributed by atoms with E-state index in [4.69, 9.17) is 9.47 Å². The van der Waals surface area contributed by atoms with Crippen molar-refractivity contribution in [3.63, 3.8) is 0 Å². The minimum Gasteiger partial charge on any atom is -0.497 e. The molecule has 2 aliphatic rings. The molecule has 2 fully saturated rings. The minimum atomic E-state index is -0.113. The van der Waals surface area contributed by atoms with Crippen molar-refractivity contribution in [2.24, 2.45) is 0 Å². The summed E-state index contributed by atoms with van der Waals surface area (Å²) in [5.41, 5.74) is 2.57. The number of benzene rings is 2. The Kier molecular flexibility index (Phi) is 5.14. The zero-order chi connectivity index (χ0) is 20.5. The van der Waals surface area contributed by atoms with Gasteiger partial charge in [0.25, 0.3) is 5.91 Å². The van der Waals surface area contributed by atoms with Gasteiger partial charge in [0.15, 0.2) is 5.69 Å². The lowest BCUT2D eigenvalue weighted by molar-refractivity contribution is -0.0843. The average Bonchev–Trinajstić information content (AvgIpc) is 3.19. The molecule has 1 amide bonds. The molecule has 3 heterocycles. The summed E-state index contributed by atoms with van der Waals surface area (Å²) in [5.74, 6) is 0.764. The van der Waals surface area contributed by atoms with Gasteiger partial charge in [-0.15, -0.1) is 0 Å². The first kappa shape index (κ1) is 19.1. The van der Waals surface area contributed by atoms with E-state index >= 15 is 0 Å². The van der Waals surface area contributed by atoms with E-state index < -0.39 is 0 Å². The van der Waals surface area contributed by atoms with Crippen LogP contribution >= 0.6 is 0 Å². The van der Waals surface area contributed by atoms with Crippen LogP contribution in [-0.4, -0.2) is 59.5 Å². The maximum absolute atomic E-state index is 12.9. The van der Waals surface area contributed by atoms with Crippen molar-refractivity contribution in [2.75, 3.05) is 20.3 Å². The first-order valence-electron chi connectivity index (χ1n) is 10.4. The number of nitrogens with zero attached hydrogens (tertiary/aromatic N) is 2. The van der Waals surface area contributed by atoms with Crippen molar-refractivity contribution < 1.29 is 14.3 Å². The number of H-pyrrole nitrogens is 1. The van der Waals surface area contributed by atoms with Crippen LogP contribution in [0.15, 0.2) is 48.5 Å². The molecule has 1 aromatic heterocycles. The van der Waals surface area contributed by atoms with Crippen LogP contribution in [0, 0.1) is 0 Å². The van der Waals surface area contributed by atoms with Gasteiger partial charge in [-0.3, -0.25) is 14.8 Å². The molecule has 2 aliphatic heterocycles. The molecule has 3 atom stereocenters. The Morgan fingerprint density at radius 1 is 1.20 bits per heavy atom. The van der Waals surface area contributed by atoms with E-state index in [0.717, 1.165) is 36.0 Å². The number of aromatic amines is 1. The molecular formula is C23H26N4O3. The molecule has 1 unspecified atom stereocenters. The van der Waals surface area contributed by atoms with E-state index in [1.54, 1.807) is 7.11 Å². The number of rotatable bonds is 5. The summed E-state index contributed by atoms with van der Waals surface area (Å²) in [6, 6.07) is 16.6. The quantitative estimate of drug-likeness (QED) is 0.681. The molecule has 2 N–H and O–H groups in total. The van der Waals surface area contributed by atoms with Crippen LogP contribution in [0.2, 0.25) is 0 Å². The molecule has 7 nitrogen and oxygen atoms in total. The van der Waals surface area contributed by atoms with Crippen LogP contribution in [0.1, 0.15) is 28.9 Å². The first-order valence-corrected chi connectivity index (χ1v) is 10.4. The number of aromatic nitrogens is 2. The van der Waals surface area contributed by atoms with Gasteiger partial charge in [-0.2, -0.15) is 5.10 Å². The summed E-state index contributed by atoms with van der Waals surface area (Å²) in [6.45, 7) is 2.25. The Morgan fingerprint density at radius 2 is 2.00 bits per heavy atom. The smallest absolute Gasteiger partial charge is 0.272 e. The molecule has 0 spiro atoms. The first-order chi connectivity index (χ1) is 14.7. The molecule has 0 aliphatic carbocycles. The SMILES string of the molecule is COc1cccc(CN2[C@@H]3COC[C@H]2CC(NC(=O)c2n[nH]c4ccccc24)C3)c1. The summed E-state index contributed by atoms with van der Waals surface area (Å²) in [6.07, 6.45) is 1.74. The van der Waals surface area contributed by atoms with Gasteiger partial charge in [0.05, 0.1) is 25.8 Å². The molecule has 156 valence electrons. The van der Waals surface area contributed by atoms with E-state index in [1.807, 2.05) is 36.4 Å². The molecule has 0 radical (unpaired) electrons. The number of para-hydroxylation sites is 1.